The van der Waals surface area contributed by atoms with Gasteiger partial charge in [-0.2, -0.15) is 0 Å². The van der Waals surface area contributed by atoms with Crippen molar-refractivity contribution in [3.05, 3.63) is 122 Å². The van der Waals surface area contributed by atoms with Crippen LogP contribution in [0.4, 0.5) is 0 Å². The first-order valence-electron chi connectivity index (χ1n) is 26.4. The summed E-state index contributed by atoms with van der Waals surface area (Å²) < 4.78 is 17.5. The van der Waals surface area contributed by atoms with Crippen LogP contribution in [0.1, 0.15) is 168 Å². The van der Waals surface area contributed by atoms with Crippen molar-refractivity contribution >= 4 is 11.9 Å². The van der Waals surface area contributed by atoms with Crippen molar-refractivity contribution in [1.29, 1.82) is 0 Å². The van der Waals surface area contributed by atoms with E-state index in [9.17, 15) is 35.1 Å². The molecule has 8 unspecified atom stereocenters. The number of carbonyl (C=O) groups excluding carboxylic acids is 2. The molecule has 0 radical (unpaired) electrons. The third-order valence-corrected chi connectivity index (χ3v) is 11.6. The number of carbonyl (C=O) groups is 2. The van der Waals surface area contributed by atoms with E-state index >= 15 is 0 Å². The third kappa shape index (κ3) is 34.1. The summed E-state index contributed by atoms with van der Waals surface area (Å²) in [7, 11) is 0. The molecule has 0 aliphatic carbocycles. The molecule has 1 aliphatic rings. The van der Waals surface area contributed by atoms with E-state index in [4.69, 9.17) is 14.2 Å². The SMILES string of the molecule is CC/C=C/C=C/C=C\C=C/C=C/CCCCCC(=O)OC1C(OCC(NC(=O)C(O)CCCCCC\C=C/C=C/C=C/C=C/CC)C(O)/C=C/CCCCCCCCCCC)OC(CO)C(O)C1O. The summed E-state index contributed by atoms with van der Waals surface area (Å²) in [6, 6.07) is -1.05. The molecule has 0 aromatic heterocycles. The topological polar surface area (TPSA) is 175 Å². The minimum Gasteiger partial charge on any atom is -0.454 e. The van der Waals surface area contributed by atoms with Crippen LogP contribution >= 0.6 is 0 Å². The molecule has 1 amide bonds. The van der Waals surface area contributed by atoms with Gasteiger partial charge in [-0.05, 0) is 64.2 Å². The lowest BCUT2D eigenvalue weighted by Gasteiger charge is -2.41. The summed E-state index contributed by atoms with van der Waals surface area (Å²) in [6.45, 7) is 5.41. The number of aliphatic hydroxyl groups is 5. The van der Waals surface area contributed by atoms with E-state index in [0.29, 0.717) is 12.8 Å². The Morgan fingerprint density at radius 1 is 0.580 bits per heavy atom. The van der Waals surface area contributed by atoms with E-state index in [-0.39, 0.29) is 19.4 Å². The third-order valence-electron chi connectivity index (χ3n) is 11.6. The number of rotatable bonds is 41. The minimum atomic E-state index is -1.64. The Morgan fingerprint density at radius 3 is 1.57 bits per heavy atom. The van der Waals surface area contributed by atoms with Crippen molar-refractivity contribution in [3.63, 3.8) is 0 Å². The molecule has 1 fully saturated rings. The maximum atomic E-state index is 13.3. The van der Waals surface area contributed by atoms with Gasteiger partial charge in [0.2, 0.25) is 5.91 Å². The first-order chi connectivity index (χ1) is 33.7. The molecule has 390 valence electrons. The highest BCUT2D eigenvalue weighted by Gasteiger charge is 2.47. The van der Waals surface area contributed by atoms with Gasteiger partial charge in [-0.15, -0.1) is 0 Å². The highest BCUT2D eigenvalue weighted by molar-refractivity contribution is 5.80. The molecule has 8 atom stereocenters. The Kier molecular flexibility index (Phi) is 41.3. The molecule has 0 bridgehead atoms. The molecule has 1 heterocycles. The van der Waals surface area contributed by atoms with Gasteiger partial charge in [-0.3, -0.25) is 9.59 Å². The number of ether oxygens (including phenoxy) is 3. The van der Waals surface area contributed by atoms with Gasteiger partial charge in [0, 0.05) is 6.42 Å². The van der Waals surface area contributed by atoms with Gasteiger partial charge < -0.3 is 45.1 Å². The van der Waals surface area contributed by atoms with Crippen LogP contribution in [0, 0.1) is 0 Å². The zero-order valence-electron chi connectivity index (χ0n) is 42.6. The van der Waals surface area contributed by atoms with Crippen molar-refractivity contribution in [2.75, 3.05) is 13.2 Å². The van der Waals surface area contributed by atoms with Crippen LogP contribution in [0.15, 0.2) is 122 Å². The van der Waals surface area contributed by atoms with Gasteiger partial charge in [-0.1, -0.05) is 219 Å². The summed E-state index contributed by atoms with van der Waals surface area (Å²) in [5.74, 6) is -1.28. The second-order valence-electron chi connectivity index (χ2n) is 17.7. The molecule has 1 aliphatic heterocycles. The molecule has 1 rings (SSSR count). The molecule has 0 saturated carbocycles. The molecule has 6 N–H and O–H groups in total. The lowest BCUT2D eigenvalue weighted by atomic mass is 9.99. The molecule has 0 spiro atoms. The number of amides is 1. The standard InChI is InChI=1S/C58H93NO10/c1-4-7-10-13-16-19-22-24-26-28-31-34-37-40-43-46-53(63)69-56-55(65)54(64)52(47-60)68-58(56)67-48-49(50(61)44-41-38-35-32-29-21-18-15-12-9-6-3)59-57(66)51(62)45-42-39-36-33-30-27-25-23-20-17-14-11-8-5-2/h7-8,10-11,13-14,16-17,19-20,22-28,31,41,44,49-52,54-56,58,60-62,64-65H,4-6,9,12,15,18,21,29-30,32-40,42-43,45-48H2,1-3H3,(H,59,66)/b10-7+,11-8+,16-13+,17-14+,22-19-,23-20+,26-24-,27-25-,31-28+,44-41+. The summed E-state index contributed by atoms with van der Waals surface area (Å²) in [5, 5.41) is 56.6. The monoisotopic (exact) mass is 964 g/mol. The average molecular weight is 964 g/mol. The van der Waals surface area contributed by atoms with Gasteiger partial charge in [0.05, 0.1) is 25.4 Å². The Hall–Kier alpha value is -3.94. The zero-order valence-corrected chi connectivity index (χ0v) is 42.6. The zero-order chi connectivity index (χ0) is 50.4. The molecule has 69 heavy (non-hydrogen) atoms. The Bertz CT molecular complexity index is 1570. The largest absolute Gasteiger partial charge is 0.454 e. The quantitative estimate of drug-likeness (QED) is 0.0150. The highest BCUT2D eigenvalue weighted by atomic mass is 16.7. The smallest absolute Gasteiger partial charge is 0.306 e. The van der Waals surface area contributed by atoms with Crippen LogP contribution in [-0.4, -0.2) is 99.6 Å². The van der Waals surface area contributed by atoms with Crippen LogP contribution < -0.4 is 5.32 Å². The molecule has 11 heteroatoms. The van der Waals surface area contributed by atoms with Crippen LogP contribution in [0.5, 0.6) is 0 Å². The Morgan fingerprint density at radius 2 is 1.04 bits per heavy atom. The van der Waals surface area contributed by atoms with Gasteiger partial charge in [-0.25, -0.2) is 0 Å². The molecule has 1 saturated heterocycles. The fraction of sp³-hybridized carbons (Fsp3) is 0.621. The fourth-order valence-electron chi connectivity index (χ4n) is 7.39. The van der Waals surface area contributed by atoms with Crippen LogP contribution in [-0.2, 0) is 23.8 Å². The van der Waals surface area contributed by atoms with Crippen molar-refractivity contribution in [2.45, 2.75) is 217 Å². The first kappa shape index (κ1) is 63.1. The van der Waals surface area contributed by atoms with Crippen molar-refractivity contribution in [2.24, 2.45) is 0 Å². The second kappa shape index (κ2) is 45.2. The number of hydrogen-bond acceptors (Lipinski definition) is 10. The predicted octanol–water partition coefficient (Wildman–Crippen LogP) is 11.2. The minimum absolute atomic E-state index is 0.0636. The van der Waals surface area contributed by atoms with E-state index in [2.05, 4.69) is 50.4 Å². The van der Waals surface area contributed by atoms with Crippen molar-refractivity contribution in [3.8, 4) is 0 Å². The molecule has 11 nitrogen and oxygen atoms in total. The van der Waals surface area contributed by atoms with Crippen molar-refractivity contribution in [1.82, 2.24) is 5.32 Å². The van der Waals surface area contributed by atoms with Crippen LogP contribution in [0.25, 0.3) is 0 Å². The van der Waals surface area contributed by atoms with E-state index in [1.165, 1.54) is 38.5 Å². The first-order valence-corrected chi connectivity index (χ1v) is 26.4. The number of allylic oxidation sites excluding steroid dienone is 19. The fourth-order valence-corrected chi connectivity index (χ4v) is 7.39. The molecule has 0 aromatic carbocycles. The van der Waals surface area contributed by atoms with E-state index in [1.807, 2.05) is 91.1 Å². The highest BCUT2D eigenvalue weighted by Crippen LogP contribution is 2.26. The molecular formula is C58H93NO10. The van der Waals surface area contributed by atoms with E-state index < -0.39 is 67.4 Å². The van der Waals surface area contributed by atoms with E-state index in [1.54, 1.807) is 6.08 Å². The van der Waals surface area contributed by atoms with Crippen LogP contribution in [0.2, 0.25) is 0 Å². The normalized spacial score (nSPS) is 20.8. The van der Waals surface area contributed by atoms with E-state index in [0.717, 1.165) is 83.5 Å². The number of hydrogen-bond donors (Lipinski definition) is 6. The number of unbranched alkanes of at least 4 members (excludes halogenated alkanes) is 16. The van der Waals surface area contributed by atoms with Gasteiger partial charge in [0.15, 0.2) is 12.4 Å². The van der Waals surface area contributed by atoms with Gasteiger partial charge in [0.25, 0.3) is 0 Å². The van der Waals surface area contributed by atoms with Gasteiger partial charge >= 0.3 is 5.97 Å². The van der Waals surface area contributed by atoms with Crippen molar-refractivity contribution < 1.29 is 49.3 Å². The lowest BCUT2D eigenvalue weighted by molar-refractivity contribution is -0.305. The summed E-state index contributed by atoms with van der Waals surface area (Å²) in [5.41, 5.74) is 0. The van der Waals surface area contributed by atoms with Gasteiger partial charge in [0.1, 0.15) is 24.4 Å². The maximum absolute atomic E-state index is 13.3. The Balaban J connectivity index is 2.83. The predicted molar refractivity (Wildman–Crippen MR) is 282 cm³/mol. The van der Waals surface area contributed by atoms with Crippen LogP contribution in [0.3, 0.4) is 0 Å². The summed E-state index contributed by atoms with van der Waals surface area (Å²) >= 11 is 0. The second-order valence-corrected chi connectivity index (χ2v) is 17.7. The number of aliphatic hydroxyl groups excluding tert-OH is 5. The maximum Gasteiger partial charge on any atom is 0.306 e. The molecular weight excluding hydrogens is 871 g/mol. The summed E-state index contributed by atoms with van der Waals surface area (Å²) in [4.78, 5) is 26.4. The molecule has 0 aromatic rings. The Labute approximate surface area is 417 Å². The summed E-state index contributed by atoms with van der Waals surface area (Å²) in [6.07, 6.45) is 51.0. The lowest BCUT2D eigenvalue weighted by Crippen LogP contribution is -2.61. The number of nitrogens with one attached hydrogen (secondary N) is 1. The average Bonchev–Trinajstić information content (AvgIpc) is 3.34. The number of esters is 1.